The second-order valence-electron chi connectivity index (χ2n) is 7.40. The first kappa shape index (κ1) is 20.4. The van der Waals surface area contributed by atoms with Gasteiger partial charge in [0, 0.05) is 17.4 Å². The van der Waals surface area contributed by atoms with Gasteiger partial charge in [-0.15, -0.1) is 0 Å². The summed E-state index contributed by atoms with van der Waals surface area (Å²) >= 11 is 3.35. The maximum Gasteiger partial charge on any atom is 0.336 e. The summed E-state index contributed by atoms with van der Waals surface area (Å²) < 4.78 is 3.05. The van der Waals surface area contributed by atoms with Gasteiger partial charge in [-0.3, -0.25) is 0 Å². The molecular weight excluding hydrogens is 440 g/mol. The summed E-state index contributed by atoms with van der Waals surface area (Å²) in [7, 11) is 0. The Morgan fingerprint density at radius 2 is 1.83 bits per heavy atom. The van der Waals surface area contributed by atoms with Crippen molar-refractivity contribution in [1.82, 2.24) is 9.55 Å². The second-order valence-corrected chi connectivity index (χ2v) is 8.31. The first-order chi connectivity index (χ1) is 14.6. The summed E-state index contributed by atoms with van der Waals surface area (Å²) in [4.78, 5) is 16.5. The number of aromatic nitrogens is 2. The largest absolute Gasteiger partial charge is 0.478 e. The van der Waals surface area contributed by atoms with E-state index in [2.05, 4.69) is 51.7 Å². The number of nitrogens with zero attached hydrogens (tertiary/aromatic N) is 2. The van der Waals surface area contributed by atoms with E-state index in [1.54, 1.807) is 6.07 Å². The van der Waals surface area contributed by atoms with Crippen molar-refractivity contribution >= 4 is 32.9 Å². The van der Waals surface area contributed by atoms with Crippen molar-refractivity contribution < 1.29 is 9.90 Å². The van der Waals surface area contributed by atoms with Crippen LogP contribution in [0.4, 0.5) is 0 Å². The summed E-state index contributed by atoms with van der Waals surface area (Å²) in [6, 6.07) is 21.7. The molecule has 30 heavy (non-hydrogen) atoms. The number of hydrogen-bond acceptors (Lipinski definition) is 2. The lowest BCUT2D eigenvalue weighted by atomic mass is 9.98. The van der Waals surface area contributed by atoms with Gasteiger partial charge in [-0.1, -0.05) is 71.7 Å². The Bertz CT molecular complexity index is 1200. The van der Waals surface area contributed by atoms with E-state index in [0.29, 0.717) is 11.1 Å². The van der Waals surface area contributed by atoms with Gasteiger partial charge < -0.3 is 9.67 Å². The van der Waals surface area contributed by atoms with E-state index in [1.165, 1.54) is 0 Å². The smallest absolute Gasteiger partial charge is 0.336 e. The molecule has 5 heteroatoms. The Kier molecular flexibility index (Phi) is 6.00. The molecule has 152 valence electrons. The molecule has 1 N–H and O–H groups in total. The molecular formula is C25H23BrN2O2. The Morgan fingerprint density at radius 3 is 2.57 bits per heavy atom. The van der Waals surface area contributed by atoms with Crippen molar-refractivity contribution in [3.63, 3.8) is 0 Å². The molecule has 0 aliphatic heterocycles. The van der Waals surface area contributed by atoms with Crippen LogP contribution >= 0.6 is 15.9 Å². The minimum absolute atomic E-state index is 0.291. The van der Waals surface area contributed by atoms with Gasteiger partial charge in [0.2, 0.25) is 0 Å². The third-order valence-electron chi connectivity index (χ3n) is 5.31. The quantitative estimate of drug-likeness (QED) is 0.338. The maximum absolute atomic E-state index is 11.6. The van der Waals surface area contributed by atoms with Gasteiger partial charge in [-0.2, -0.15) is 0 Å². The van der Waals surface area contributed by atoms with Gasteiger partial charge in [0.15, 0.2) is 0 Å². The second kappa shape index (κ2) is 8.84. The molecule has 1 heterocycles. The first-order valence-corrected chi connectivity index (χ1v) is 10.9. The Labute approximate surface area is 184 Å². The predicted molar refractivity (Wildman–Crippen MR) is 124 cm³/mol. The molecule has 3 aromatic carbocycles. The Hall–Kier alpha value is -2.92. The van der Waals surface area contributed by atoms with Crippen molar-refractivity contribution in [1.29, 1.82) is 0 Å². The van der Waals surface area contributed by atoms with Gasteiger partial charge in [-0.25, -0.2) is 9.78 Å². The Balaban J connectivity index is 1.66. The molecule has 0 bridgehead atoms. The van der Waals surface area contributed by atoms with Gasteiger partial charge in [-0.05, 0) is 47.4 Å². The van der Waals surface area contributed by atoms with Crippen LogP contribution in [0.5, 0.6) is 0 Å². The number of fused-ring (bicyclic) bond motifs is 1. The minimum Gasteiger partial charge on any atom is -0.478 e. The standard InChI is InChI=1S/C25H23BrN2O2/c1-2-3-8-24-27-22-6-4-5-7-23(22)28(24)16-17-9-11-18(12-10-17)20-14-13-19(26)15-21(20)25(29)30/h4-7,9-15H,2-3,8,16H2,1H3,(H,29,30). The number of benzene rings is 3. The zero-order valence-electron chi connectivity index (χ0n) is 16.8. The lowest BCUT2D eigenvalue weighted by molar-refractivity contribution is 0.0697. The minimum atomic E-state index is -0.930. The van der Waals surface area contributed by atoms with Crippen LogP contribution in [0, 0.1) is 0 Å². The fraction of sp³-hybridized carbons (Fsp3) is 0.200. The number of hydrogen-bond donors (Lipinski definition) is 1. The van der Waals surface area contributed by atoms with Crippen molar-refractivity contribution in [2.24, 2.45) is 0 Å². The number of imidazole rings is 1. The van der Waals surface area contributed by atoms with E-state index in [0.717, 1.165) is 58.3 Å². The highest BCUT2D eigenvalue weighted by Gasteiger charge is 2.13. The molecule has 0 saturated heterocycles. The zero-order chi connectivity index (χ0) is 21.1. The van der Waals surface area contributed by atoms with Gasteiger partial charge in [0.05, 0.1) is 16.6 Å². The van der Waals surface area contributed by atoms with Crippen molar-refractivity contribution in [3.8, 4) is 11.1 Å². The van der Waals surface area contributed by atoms with E-state index in [-0.39, 0.29) is 0 Å². The van der Waals surface area contributed by atoms with E-state index in [9.17, 15) is 9.90 Å². The predicted octanol–water partition coefficient (Wildman–Crippen LogP) is 6.55. The molecule has 4 aromatic rings. The zero-order valence-corrected chi connectivity index (χ0v) is 18.4. The number of halogens is 1. The van der Waals surface area contributed by atoms with Crippen LogP contribution in [0.3, 0.4) is 0 Å². The number of para-hydroxylation sites is 2. The number of carboxylic acid groups (broad SMARTS) is 1. The number of aromatic carboxylic acids is 1. The highest BCUT2D eigenvalue weighted by molar-refractivity contribution is 9.10. The fourth-order valence-corrected chi connectivity index (χ4v) is 4.11. The van der Waals surface area contributed by atoms with Gasteiger partial charge in [0.25, 0.3) is 0 Å². The number of unbranched alkanes of at least 4 members (excludes halogenated alkanes) is 1. The monoisotopic (exact) mass is 462 g/mol. The normalized spacial score (nSPS) is 11.1. The Morgan fingerprint density at radius 1 is 1.07 bits per heavy atom. The van der Waals surface area contributed by atoms with Gasteiger partial charge >= 0.3 is 5.97 Å². The van der Waals surface area contributed by atoms with Crippen LogP contribution in [-0.4, -0.2) is 20.6 Å². The number of aryl methyl sites for hydroxylation is 1. The number of rotatable bonds is 7. The maximum atomic E-state index is 11.6. The molecule has 0 unspecified atom stereocenters. The lowest BCUT2D eigenvalue weighted by Crippen LogP contribution is -2.05. The molecule has 0 fully saturated rings. The van der Waals surface area contributed by atoms with Crippen molar-refractivity contribution in [2.45, 2.75) is 32.7 Å². The fourth-order valence-electron chi connectivity index (χ4n) is 3.74. The topological polar surface area (TPSA) is 55.1 Å². The first-order valence-electron chi connectivity index (χ1n) is 10.1. The number of carboxylic acids is 1. The lowest BCUT2D eigenvalue weighted by Gasteiger charge is -2.11. The third kappa shape index (κ3) is 4.17. The molecule has 0 radical (unpaired) electrons. The molecule has 1 aromatic heterocycles. The SMILES string of the molecule is CCCCc1nc2ccccc2n1Cc1ccc(-c2ccc(Br)cc2C(=O)O)cc1. The third-order valence-corrected chi connectivity index (χ3v) is 5.80. The number of carbonyl (C=O) groups is 1. The van der Waals surface area contributed by atoms with Crippen LogP contribution in [-0.2, 0) is 13.0 Å². The summed E-state index contributed by atoms with van der Waals surface area (Å²) in [5.41, 5.74) is 5.24. The molecule has 0 spiro atoms. The highest BCUT2D eigenvalue weighted by atomic mass is 79.9. The molecule has 4 nitrogen and oxygen atoms in total. The van der Waals surface area contributed by atoms with Crippen LogP contribution in [0.15, 0.2) is 71.2 Å². The van der Waals surface area contributed by atoms with E-state index in [4.69, 9.17) is 4.98 Å². The molecule has 0 amide bonds. The van der Waals surface area contributed by atoms with Crippen molar-refractivity contribution in [3.05, 3.63) is 88.2 Å². The van der Waals surface area contributed by atoms with Crippen LogP contribution in [0.25, 0.3) is 22.2 Å². The van der Waals surface area contributed by atoms with Crippen LogP contribution in [0.2, 0.25) is 0 Å². The molecule has 4 rings (SSSR count). The summed E-state index contributed by atoms with van der Waals surface area (Å²) in [5.74, 6) is 0.184. The highest BCUT2D eigenvalue weighted by Crippen LogP contribution is 2.28. The molecule has 0 saturated carbocycles. The average molecular weight is 463 g/mol. The average Bonchev–Trinajstić information content (AvgIpc) is 3.10. The van der Waals surface area contributed by atoms with Crippen molar-refractivity contribution in [2.75, 3.05) is 0 Å². The molecule has 0 aliphatic carbocycles. The van der Waals surface area contributed by atoms with E-state index >= 15 is 0 Å². The molecule has 0 atom stereocenters. The van der Waals surface area contributed by atoms with Crippen LogP contribution < -0.4 is 0 Å². The summed E-state index contributed by atoms with van der Waals surface area (Å²) in [5, 5.41) is 9.55. The van der Waals surface area contributed by atoms with E-state index < -0.39 is 5.97 Å². The van der Waals surface area contributed by atoms with E-state index in [1.807, 2.05) is 36.4 Å². The van der Waals surface area contributed by atoms with Crippen LogP contribution in [0.1, 0.15) is 41.5 Å². The van der Waals surface area contributed by atoms with Gasteiger partial charge in [0.1, 0.15) is 5.82 Å². The molecule has 0 aliphatic rings. The summed E-state index contributed by atoms with van der Waals surface area (Å²) in [6.45, 7) is 2.94. The summed E-state index contributed by atoms with van der Waals surface area (Å²) in [6.07, 6.45) is 3.21.